The molecule has 316 valence electrons. The fraction of sp³-hybridized carbons (Fsp3) is 0.595. The molecule has 4 rings (SSSR count). The van der Waals surface area contributed by atoms with Gasteiger partial charge in [-0.3, -0.25) is 0 Å². The average Bonchev–Trinajstić information content (AvgIpc) is 3.99. The summed E-state index contributed by atoms with van der Waals surface area (Å²) in [5, 5.41) is 23.5. The van der Waals surface area contributed by atoms with Gasteiger partial charge in [0.2, 0.25) is 0 Å². The van der Waals surface area contributed by atoms with Crippen LogP contribution < -0.4 is 0 Å². The Hall–Kier alpha value is -3.15. The van der Waals surface area contributed by atoms with Gasteiger partial charge in [-0.05, 0) is 0 Å². The Bertz CT molecular complexity index is 1870. The van der Waals surface area contributed by atoms with Crippen LogP contribution in [0.15, 0.2) is 48.9 Å². The fourth-order valence-electron chi connectivity index (χ4n) is 4.63. The van der Waals surface area contributed by atoms with Crippen molar-refractivity contribution in [1.82, 2.24) is 45.0 Å². The molecule has 0 aliphatic rings. The summed E-state index contributed by atoms with van der Waals surface area (Å²) in [6.07, 6.45) is 11.3. The molecule has 0 spiro atoms. The standard InChI is InChI=1S/C11H11N3O2.C8H13N3O2.C6H9N3O2.3C4H9.3O.3Sn/c15-11(16)6-7-14-8-10(12-13-14)9-4-2-1-3-5-9;1-6(2)7-5-11(10-9-7)4-3-8(12)13;1-5-4-7-8-9(5)3-2-6(10)11;3*1-3-4-2;;;;;;/h1-5,8H,6-7H2,(H,15,16);5-6H,3-4H2,1-2H3,(H,12,13);4H,2-3H2,1H3,(H,10,11);3*1,3-4H2,2H3;;;;;;/q;;;;;;;;;3*+1/p-3. The van der Waals surface area contributed by atoms with Crippen LogP contribution in [-0.4, -0.2) is 123 Å². The Kier molecular flexibility index (Phi) is 26.3. The Labute approximate surface area is 363 Å². The first-order valence-electron chi connectivity index (χ1n) is 19.8. The van der Waals surface area contributed by atoms with Gasteiger partial charge in [0, 0.05) is 0 Å². The summed E-state index contributed by atoms with van der Waals surface area (Å²) in [7, 11) is 0. The van der Waals surface area contributed by atoms with Crippen molar-refractivity contribution in [3.8, 4) is 11.3 Å². The maximum absolute atomic E-state index is 11.6. The molecular formula is C37H57N9O9Sn3. The number of aromatic nitrogens is 9. The molecule has 0 atom stereocenters. The van der Waals surface area contributed by atoms with Crippen molar-refractivity contribution in [1.29, 1.82) is 0 Å². The van der Waals surface area contributed by atoms with E-state index >= 15 is 0 Å². The Balaban J connectivity index is 0.000000303. The fourth-order valence-corrected chi connectivity index (χ4v) is 14.0. The number of benzene rings is 1. The summed E-state index contributed by atoms with van der Waals surface area (Å²) in [6.45, 7) is 13.2. The van der Waals surface area contributed by atoms with Crippen molar-refractivity contribution < 1.29 is 32.8 Å². The second-order valence-electron chi connectivity index (χ2n) is 13.5. The number of rotatable bonds is 23. The number of aryl methyl sites for hydroxylation is 4. The molecule has 0 aliphatic heterocycles. The predicted molar refractivity (Wildman–Crippen MR) is 215 cm³/mol. The molecule has 1 aromatic carbocycles. The first-order chi connectivity index (χ1) is 27.8. The third kappa shape index (κ3) is 22.3. The summed E-state index contributed by atoms with van der Waals surface area (Å²) in [5.74, 6) is -0.865. The zero-order valence-corrected chi connectivity index (χ0v) is 43.1. The van der Waals surface area contributed by atoms with E-state index in [1.54, 1.807) is 26.4 Å². The maximum atomic E-state index is 11.6. The number of unbranched alkanes of at least 4 members (excludes halogenated alkanes) is 3. The van der Waals surface area contributed by atoms with E-state index in [1.165, 1.54) is 0 Å². The molecule has 0 unspecified atom stereocenters. The molecule has 0 saturated carbocycles. The molecule has 58 heavy (non-hydrogen) atoms. The van der Waals surface area contributed by atoms with Crippen LogP contribution in [0.3, 0.4) is 0 Å². The number of carbonyl (C=O) groups excluding carboxylic acids is 3. The molecule has 4 aromatic rings. The van der Waals surface area contributed by atoms with Gasteiger partial charge >= 0.3 is 366 Å². The zero-order valence-electron chi connectivity index (χ0n) is 34.5. The molecule has 3 heterocycles. The predicted octanol–water partition coefficient (Wildman–Crippen LogP) is 5.89. The number of hydrogen-bond donors (Lipinski definition) is 0. The van der Waals surface area contributed by atoms with E-state index in [0.29, 0.717) is 38.9 Å². The van der Waals surface area contributed by atoms with Gasteiger partial charge in [0.05, 0.1) is 0 Å². The normalized spacial score (nSPS) is 10.5. The van der Waals surface area contributed by atoms with E-state index in [2.05, 4.69) is 30.9 Å². The van der Waals surface area contributed by atoms with Crippen molar-refractivity contribution in [2.24, 2.45) is 0 Å². The Morgan fingerprint density at radius 2 is 1.12 bits per heavy atom. The first kappa shape index (κ1) is 51.0. The second-order valence-corrected chi connectivity index (χ2v) is 25.9. The van der Waals surface area contributed by atoms with Crippen LogP contribution in [0.25, 0.3) is 11.3 Å². The summed E-state index contributed by atoms with van der Waals surface area (Å²) in [6, 6.07) is 9.71. The van der Waals surface area contributed by atoms with E-state index in [4.69, 9.17) is 9.22 Å². The number of nitrogens with zero attached hydrogens (tertiary/aromatic N) is 9. The van der Waals surface area contributed by atoms with Gasteiger partial charge in [-0.15, -0.1) is 0 Å². The van der Waals surface area contributed by atoms with Crippen molar-refractivity contribution in [3.63, 3.8) is 0 Å². The average molecular weight is 1130 g/mol. The van der Waals surface area contributed by atoms with E-state index in [1.807, 2.05) is 78.1 Å². The first-order valence-corrected chi connectivity index (χ1v) is 32.8. The third-order valence-electron chi connectivity index (χ3n) is 8.07. The molecule has 0 radical (unpaired) electrons. The van der Waals surface area contributed by atoms with Gasteiger partial charge in [0.25, 0.3) is 0 Å². The third-order valence-corrected chi connectivity index (χ3v) is 18.5. The SMILES string of the molecule is CCC[CH2][Sn](=[O])[O]C(=O)CCn1cc(-c2ccccc2)nn1.CCC[CH2][Sn](=[O])[O]C(=O)CCn1cc(C(C)C)nn1.CCC[CH2][Sn](=[O])[O]C(=O)CCn1nncc1C. The Morgan fingerprint density at radius 1 is 0.655 bits per heavy atom. The molecule has 0 saturated heterocycles. The van der Waals surface area contributed by atoms with Gasteiger partial charge in [-0.2, -0.15) is 0 Å². The second kappa shape index (κ2) is 30.0. The van der Waals surface area contributed by atoms with Crippen molar-refractivity contribution in [2.45, 2.75) is 138 Å². The van der Waals surface area contributed by atoms with Gasteiger partial charge < -0.3 is 0 Å². The topological polar surface area (TPSA) is 222 Å². The van der Waals surface area contributed by atoms with Crippen LogP contribution in [-0.2, 0) is 52.5 Å². The van der Waals surface area contributed by atoms with E-state index < -0.39 is 66.4 Å². The van der Waals surface area contributed by atoms with E-state index in [0.717, 1.165) is 61.2 Å². The number of hydrogen-bond acceptors (Lipinski definition) is 15. The molecule has 0 aliphatic carbocycles. The molecular weight excluding hydrogens is 1070 g/mol. The summed E-state index contributed by atoms with van der Waals surface area (Å²) in [5.41, 5.74) is 3.53. The van der Waals surface area contributed by atoms with Crippen LogP contribution in [0.5, 0.6) is 0 Å². The van der Waals surface area contributed by atoms with Crippen LogP contribution in [0.4, 0.5) is 0 Å². The minimum absolute atomic E-state index is 0.163. The van der Waals surface area contributed by atoms with Crippen LogP contribution in [0.2, 0.25) is 13.3 Å². The van der Waals surface area contributed by atoms with Crippen molar-refractivity contribution in [3.05, 3.63) is 60.3 Å². The molecule has 18 nitrogen and oxygen atoms in total. The van der Waals surface area contributed by atoms with Crippen LogP contribution in [0, 0.1) is 6.92 Å². The van der Waals surface area contributed by atoms with Gasteiger partial charge in [0.15, 0.2) is 0 Å². The van der Waals surface area contributed by atoms with Gasteiger partial charge in [-0.25, -0.2) is 0 Å². The zero-order chi connectivity index (χ0) is 42.7. The molecule has 21 heteroatoms. The summed E-state index contributed by atoms with van der Waals surface area (Å²) >= 11 is -9.34. The molecule has 0 amide bonds. The van der Waals surface area contributed by atoms with Gasteiger partial charge in [0.1, 0.15) is 0 Å². The minimum atomic E-state index is -3.15. The number of carbonyl (C=O) groups is 3. The molecule has 0 N–H and O–H groups in total. The van der Waals surface area contributed by atoms with Gasteiger partial charge in [-0.1, -0.05) is 0 Å². The van der Waals surface area contributed by atoms with Crippen LogP contribution >= 0.6 is 0 Å². The Morgan fingerprint density at radius 3 is 1.55 bits per heavy atom. The monoisotopic (exact) mass is 1130 g/mol. The van der Waals surface area contributed by atoms with Crippen molar-refractivity contribution >= 4 is 78.4 Å². The van der Waals surface area contributed by atoms with Crippen molar-refractivity contribution in [2.75, 3.05) is 0 Å². The van der Waals surface area contributed by atoms with E-state index in [-0.39, 0.29) is 31.2 Å². The molecule has 3 aromatic heterocycles. The molecule has 0 fully saturated rings. The summed E-state index contributed by atoms with van der Waals surface area (Å²) in [4.78, 5) is 34.5. The quantitative estimate of drug-likeness (QED) is 0.0791. The van der Waals surface area contributed by atoms with Crippen LogP contribution in [0.1, 0.15) is 110 Å². The summed E-state index contributed by atoms with van der Waals surface area (Å²) < 4.78 is 56.0. The molecule has 0 bridgehead atoms. The van der Waals surface area contributed by atoms with E-state index in [9.17, 15) is 23.6 Å².